The number of carboxylic acids is 1. The lowest BCUT2D eigenvalue weighted by Crippen LogP contribution is -2.43. The second-order valence-corrected chi connectivity index (χ2v) is 9.17. The molecule has 0 bridgehead atoms. The van der Waals surface area contributed by atoms with Gasteiger partial charge in [0.05, 0.1) is 12.4 Å². The Bertz CT molecular complexity index is 1440. The van der Waals surface area contributed by atoms with E-state index >= 15 is 0 Å². The fourth-order valence-electron chi connectivity index (χ4n) is 4.08. The van der Waals surface area contributed by atoms with Gasteiger partial charge in [0, 0.05) is 17.1 Å². The lowest BCUT2D eigenvalue weighted by Gasteiger charge is -2.17. The first kappa shape index (κ1) is 25.2. The summed E-state index contributed by atoms with van der Waals surface area (Å²) in [4.78, 5) is 24.2. The number of nitrogens with zero attached hydrogens (tertiary/aromatic N) is 4. The number of nitrogens with two attached hydrogens (primary N) is 1. The zero-order chi connectivity index (χ0) is 26.1. The molecule has 1 saturated heterocycles. The van der Waals surface area contributed by atoms with Crippen LogP contribution in [-0.4, -0.2) is 54.0 Å². The van der Waals surface area contributed by atoms with Gasteiger partial charge in [-0.15, -0.1) is 0 Å². The summed E-state index contributed by atoms with van der Waals surface area (Å²) < 4.78 is 12.9. The number of halogens is 2. The van der Waals surface area contributed by atoms with Gasteiger partial charge in [0.15, 0.2) is 29.3 Å². The van der Waals surface area contributed by atoms with E-state index in [2.05, 4.69) is 20.3 Å². The number of aliphatic hydroxyl groups is 1. The summed E-state index contributed by atoms with van der Waals surface area (Å²) in [6.07, 6.45) is -2.45. The molecule has 13 heteroatoms. The van der Waals surface area contributed by atoms with Crippen LogP contribution in [0.5, 0.6) is 5.75 Å². The minimum atomic E-state index is -1.38. The van der Waals surface area contributed by atoms with Crippen molar-refractivity contribution in [2.45, 2.75) is 37.6 Å². The number of anilines is 1. The largest absolute Gasteiger partial charge is 0.489 e. The van der Waals surface area contributed by atoms with E-state index in [1.54, 1.807) is 18.2 Å². The van der Waals surface area contributed by atoms with Gasteiger partial charge in [-0.3, -0.25) is 4.57 Å². The van der Waals surface area contributed by atoms with Crippen molar-refractivity contribution in [1.29, 1.82) is 0 Å². The molecule has 1 aliphatic rings. The smallest absolute Gasteiger partial charge is 0.334 e. The van der Waals surface area contributed by atoms with Crippen molar-refractivity contribution in [1.82, 2.24) is 19.5 Å². The van der Waals surface area contributed by atoms with E-state index in [1.165, 1.54) is 10.9 Å². The van der Waals surface area contributed by atoms with Crippen LogP contribution in [0.1, 0.15) is 17.4 Å². The Labute approximate surface area is 220 Å². The minimum absolute atomic E-state index is 0.0880. The maximum atomic E-state index is 11.4. The van der Waals surface area contributed by atoms with E-state index in [1.807, 2.05) is 30.3 Å². The Morgan fingerprint density at radius 2 is 1.97 bits per heavy atom. The summed E-state index contributed by atoms with van der Waals surface area (Å²) in [6.45, 7) is 0.654. The molecule has 5 rings (SSSR count). The van der Waals surface area contributed by atoms with Crippen molar-refractivity contribution in [3.63, 3.8) is 0 Å². The second-order valence-electron chi connectivity index (χ2n) is 8.40. The van der Waals surface area contributed by atoms with E-state index in [0.717, 1.165) is 11.1 Å². The zero-order valence-electron chi connectivity index (χ0n) is 19.2. The number of imidazole rings is 1. The molecule has 0 spiro atoms. The number of aliphatic carboxylic acids is 1. The third-order valence-electron chi connectivity index (χ3n) is 5.94. The second kappa shape index (κ2) is 10.5. The van der Waals surface area contributed by atoms with Crippen LogP contribution in [0.15, 0.2) is 54.9 Å². The number of benzene rings is 2. The summed E-state index contributed by atoms with van der Waals surface area (Å²) in [6, 6.07) is 14.0. The molecule has 192 valence electrons. The summed E-state index contributed by atoms with van der Waals surface area (Å²) in [5, 5.41) is 23.5. The fraction of sp³-hybridized carbons (Fsp3) is 0.250. The molecular weight excluding hydrogens is 523 g/mol. The van der Waals surface area contributed by atoms with Crippen LogP contribution in [0.25, 0.3) is 11.2 Å². The number of hydrogen-bond acceptors (Lipinski definition) is 9. The third kappa shape index (κ3) is 5.17. The Hall–Kier alpha value is -3.48. The summed E-state index contributed by atoms with van der Waals surface area (Å²) in [5.41, 5.74) is 8.20. The molecule has 5 N–H and O–H groups in total. The number of aliphatic hydroxyl groups excluding tert-OH is 1. The van der Waals surface area contributed by atoms with Crippen molar-refractivity contribution < 1.29 is 24.5 Å². The molecule has 11 nitrogen and oxygen atoms in total. The van der Waals surface area contributed by atoms with E-state index < -0.39 is 30.4 Å². The summed E-state index contributed by atoms with van der Waals surface area (Å²) >= 11 is 12.4. The third-order valence-corrected chi connectivity index (χ3v) is 6.34. The lowest BCUT2D eigenvalue weighted by molar-refractivity contribution is -0.152. The van der Waals surface area contributed by atoms with Crippen LogP contribution in [0.4, 0.5) is 5.82 Å². The molecule has 1 fully saturated rings. The number of nitrogens with one attached hydrogen (secondary N) is 1. The molecule has 3 heterocycles. The van der Waals surface area contributed by atoms with Gasteiger partial charge in [0.1, 0.15) is 18.5 Å². The topological polar surface area (TPSA) is 158 Å². The first-order valence-electron chi connectivity index (χ1n) is 11.2. The van der Waals surface area contributed by atoms with E-state index in [9.17, 15) is 15.0 Å². The van der Waals surface area contributed by atoms with Gasteiger partial charge in [0.25, 0.3) is 0 Å². The van der Waals surface area contributed by atoms with Crippen LogP contribution < -0.4 is 15.8 Å². The molecule has 4 unspecified atom stereocenters. The van der Waals surface area contributed by atoms with Crippen LogP contribution in [0, 0.1) is 0 Å². The van der Waals surface area contributed by atoms with Gasteiger partial charge in [-0.25, -0.2) is 9.78 Å². The molecule has 0 amide bonds. The van der Waals surface area contributed by atoms with Gasteiger partial charge in [0.2, 0.25) is 5.28 Å². The van der Waals surface area contributed by atoms with Crippen LogP contribution >= 0.6 is 23.2 Å². The summed E-state index contributed by atoms with van der Waals surface area (Å²) in [7, 11) is 0. The van der Waals surface area contributed by atoms with Crippen LogP contribution in [-0.2, 0) is 22.7 Å². The summed E-state index contributed by atoms with van der Waals surface area (Å²) in [5.74, 6) is -0.326. The predicted octanol–water partition coefficient (Wildman–Crippen LogP) is 2.99. The van der Waals surface area contributed by atoms with Crippen LogP contribution in [0.3, 0.4) is 0 Å². The van der Waals surface area contributed by atoms with Crippen molar-refractivity contribution in [3.8, 4) is 5.75 Å². The van der Waals surface area contributed by atoms with Gasteiger partial charge in [-0.2, -0.15) is 9.97 Å². The van der Waals surface area contributed by atoms with Gasteiger partial charge in [-0.05, 0) is 35.4 Å². The molecular formula is C24H22Cl2N6O5. The molecule has 2 aromatic heterocycles. The number of carboxylic acid groups (broad SMARTS) is 1. The highest BCUT2D eigenvalue weighted by Gasteiger charge is 2.46. The average molecular weight is 545 g/mol. The Balaban J connectivity index is 1.39. The molecule has 0 saturated carbocycles. The maximum absolute atomic E-state index is 11.4. The SMILES string of the molecule is NC1C(C(=O)O)OC(n2cnc3c(NCc4cc(Cl)ccc4OCc4ccccc4)nc(Cl)nc32)C1O. The Morgan fingerprint density at radius 3 is 2.70 bits per heavy atom. The molecule has 37 heavy (non-hydrogen) atoms. The number of rotatable bonds is 8. The molecule has 0 radical (unpaired) electrons. The van der Waals surface area contributed by atoms with Crippen molar-refractivity contribution in [2.24, 2.45) is 5.73 Å². The van der Waals surface area contributed by atoms with E-state index in [4.69, 9.17) is 38.4 Å². The average Bonchev–Trinajstić information content (AvgIpc) is 3.43. The van der Waals surface area contributed by atoms with Crippen molar-refractivity contribution in [2.75, 3.05) is 5.32 Å². The quantitative estimate of drug-likeness (QED) is 0.243. The first-order chi connectivity index (χ1) is 17.8. The van der Waals surface area contributed by atoms with Gasteiger partial charge in [-0.1, -0.05) is 41.9 Å². The highest BCUT2D eigenvalue weighted by Crippen LogP contribution is 2.33. The first-order valence-corrected chi connectivity index (χ1v) is 12.0. The maximum Gasteiger partial charge on any atom is 0.334 e. The van der Waals surface area contributed by atoms with Crippen molar-refractivity contribution >= 4 is 46.2 Å². The Kier molecular flexibility index (Phi) is 7.13. The molecule has 4 atom stereocenters. The fourth-order valence-corrected chi connectivity index (χ4v) is 4.44. The predicted molar refractivity (Wildman–Crippen MR) is 135 cm³/mol. The van der Waals surface area contributed by atoms with Crippen LogP contribution in [0.2, 0.25) is 10.3 Å². The zero-order valence-corrected chi connectivity index (χ0v) is 20.7. The highest BCUT2D eigenvalue weighted by atomic mass is 35.5. The molecule has 0 aliphatic carbocycles. The van der Waals surface area contributed by atoms with Gasteiger partial charge >= 0.3 is 5.97 Å². The van der Waals surface area contributed by atoms with E-state index in [0.29, 0.717) is 28.7 Å². The number of ether oxygens (including phenoxy) is 2. The number of aromatic nitrogens is 4. The molecule has 2 aromatic carbocycles. The number of fused-ring (bicyclic) bond motifs is 1. The van der Waals surface area contributed by atoms with Crippen molar-refractivity contribution in [3.05, 3.63) is 76.3 Å². The standard InChI is InChI=1S/C24H22Cl2N6O5/c25-14-6-7-15(36-10-12-4-2-1-3-5-12)13(8-14)9-28-20-17-21(31-24(26)30-20)32(11-29-17)22-18(33)16(27)19(37-22)23(34)35/h1-8,11,16,18-19,22,33H,9-10,27H2,(H,34,35)(H,28,30,31). The Morgan fingerprint density at radius 1 is 1.19 bits per heavy atom. The highest BCUT2D eigenvalue weighted by molar-refractivity contribution is 6.30. The van der Waals surface area contributed by atoms with E-state index in [-0.39, 0.29) is 17.5 Å². The molecule has 1 aliphatic heterocycles. The molecule has 4 aromatic rings. The lowest BCUT2D eigenvalue weighted by atomic mass is 10.1. The van der Waals surface area contributed by atoms with Gasteiger partial charge < -0.3 is 30.7 Å². The number of carbonyl (C=O) groups is 1. The number of hydrogen-bond donors (Lipinski definition) is 4. The monoisotopic (exact) mass is 544 g/mol. The normalized spacial score (nSPS) is 21.3. The minimum Gasteiger partial charge on any atom is -0.489 e.